The predicted molar refractivity (Wildman–Crippen MR) is 106 cm³/mol. The summed E-state index contributed by atoms with van der Waals surface area (Å²) in [5, 5.41) is 5.37. The summed E-state index contributed by atoms with van der Waals surface area (Å²) in [7, 11) is 0. The van der Waals surface area contributed by atoms with E-state index in [1.807, 2.05) is 41.1 Å². The summed E-state index contributed by atoms with van der Waals surface area (Å²) in [5.74, 6) is -0.436. The second kappa shape index (κ2) is 7.78. The van der Waals surface area contributed by atoms with Gasteiger partial charge >= 0.3 is 5.97 Å². The first-order chi connectivity index (χ1) is 13.7. The minimum Gasteiger partial charge on any atom is -0.462 e. The van der Waals surface area contributed by atoms with Gasteiger partial charge in [0.15, 0.2) is 12.7 Å². The zero-order valence-electron chi connectivity index (χ0n) is 15.2. The van der Waals surface area contributed by atoms with Crippen molar-refractivity contribution in [3.8, 4) is 5.69 Å². The molecule has 0 radical (unpaired) electrons. The summed E-state index contributed by atoms with van der Waals surface area (Å²) in [6, 6.07) is 11.8. The Morgan fingerprint density at radius 3 is 2.75 bits per heavy atom. The van der Waals surface area contributed by atoms with Crippen LogP contribution in [-0.2, 0) is 11.3 Å². The summed E-state index contributed by atoms with van der Waals surface area (Å²) in [5.41, 5.74) is 3.24. The van der Waals surface area contributed by atoms with Crippen molar-refractivity contribution in [2.75, 3.05) is 6.61 Å². The van der Waals surface area contributed by atoms with E-state index in [0.29, 0.717) is 23.7 Å². The standard InChI is InChI=1S/C21H18ClN4O2/c1-2-28-21(27)18-14-25(19-12-23-10-8-17(19)20(18)22)13-15-4-6-16(7-5-15)26-11-3-9-24-26/h3-12,14H,2,13H2,1H3/q+1. The minimum absolute atomic E-state index is 0.290. The Kier molecular flexibility index (Phi) is 5.04. The van der Waals surface area contributed by atoms with Crippen molar-refractivity contribution in [1.29, 1.82) is 0 Å². The number of carbonyl (C=O) groups is 1. The van der Waals surface area contributed by atoms with Crippen LogP contribution in [0.15, 0.2) is 67.4 Å². The van der Waals surface area contributed by atoms with Crippen molar-refractivity contribution in [3.05, 3.63) is 83.5 Å². The van der Waals surface area contributed by atoms with Gasteiger partial charge in [0.2, 0.25) is 5.52 Å². The highest BCUT2D eigenvalue weighted by Gasteiger charge is 2.23. The molecule has 0 amide bonds. The summed E-state index contributed by atoms with van der Waals surface area (Å²) < 4.78 is 8.92. The Morgan fingerprint density at radius 1 is 1.21 bits per heavy atom. The minimum atomic E-state index is -0.436. The first-order valence-electron chi connectivity index (χ1n) is 8.89. The van der Waals surface area contributed by atoms with Crippen LogP contribution in [-0.4, -0.2) is 27.3 Å². The van der Waals surface area contributed by atoms with Gasteiger partial charge in [-0.1, -0.05) is 23.7 Å². The van der Waals surface area contributed by atoms with Gasteiger partial charge in [0, 0.05) is 24.2 Å². The van der Waals surface area contributed by atoms with Crippen molar-refractivity contribution in [2.24, 2.45) is 0 Å². The van der Waals surface area contributed by atoms with E-state index < -0.39 is 5.97 Å². The first kappa shape index (κ1) is 18.1. The number of pyridine rings is 2. The molecule has 6 nitrogen and oxygen atoms in total. The normalized spacial score (nSPS) is 10.9. The van der Waals surface area contributed by atoms with E-state index in [1.165, 1.54) is 0 Å². The Morgan fingerprint density at radius 2 is 2.04 bits per heavy atom. The highest BCUT2D eigenvalue weighted by molar-refractivity contribution is 6.37. The molecule has 0 fully saturated rings. The molecule has 0 saturated carbocycles. The molecule has 0 aliphatic heterocycles. The molecule has 0 atom stereocenters. The first-order valence-corrected chi connectivity index (χ1v) is 9.27. The Balaban J connectivity index is 1.73. The van der Waals surface area contributed by atoms with Gasteiger partial charge < -0.3 is 4.74 Å². The third kappa shape index (κ3) is 3.46. The lowest BCUT2D eigenvalue weighted by Crippen LogP contribution is -2.36. The van der Waals surface area contributed by atoms with Gasteiger partial charge in [-0.25, -0.2) is 9.48 Å². The number of aromatic nitrogens is 4. The van der Waals surface area contributed by atoms with Crippen molar-refractivity contribution < 1.29 is 14.1 Å². The number of halogens is 1. The van der Waals surface area contributed by atoms with Crippen molar-refractivity contribution >= 4 is 28.5 Å². The van der Waals surface area contributed by atoms with Crippen LogP contribution in [0.4, 0.5) is 0 Å². The number of hydrogen-bond acceptors (Lipinski definition) is 4. The van der Waals surface area contributed by atoms with Crippen LogP contribution >= 0.6 is 11.6 Å². The zero-order chi connectivity index (χ0) is 19.5. The average Bonchev–Trinajstić information content (AvgIpc) is 3.26. The van der Waals surface area contributed by atoms with E-state index in [0.717, 1.165) is 22.2 Å². The molecule has 0 aliphatic rings. The summed E-state index contributed by atoms with van der Waals surface area (Å²) in [6.07, 6.45) is 8.77. The molecule has 0 N–H and O–H groups in total. The van der Waals surface area contributed by atoms with Gasteiger partial charge in [-0.3, -0.25) is 4.98 Å². The molecule has 28 heavy (non-hydrogen) atoms. The van der Waals surface area contributed by atoms with E-state index >= 15 is 0 Å². The molecule has 0 bridgehead atoms. The molecule has 0 unspecified atom stereocenters. The fourth-order valence-electron chi connectivity index (χ4n) is 3.08. The smallest absolute Gasteiger partial charge is 0.345 e. The number of fused-ring (bicyclic) bond motifs is 1. The quantitative estimate of drug-likeness (QED) is 0.384. The van der Waals surface area contributed by atoms with Gasteiger partial charge in [0.05, 0.1) is 28.9 Å². The number of benzene rings is 1. The van der Waals surface area contributed by atoms with Gasteiger partial charge in [-0.15, -0.1) is 0 Å². The van der Waals surface area contributed by atoms with Crippen LogP contribution in [0.5, 0.6) is 0 Å². The Labute approximate surface area is 167 Å². The maximum Gasteiger partial charge on any atom is 0.345 e. The second-order valence-electron chi connectivity index (χ2n) is 6.22. The second-order valence-corrected chi connectivity index (χ2v) is 6.59. The summed E-state index contributed by atoms with van der Waals surface area (Å²) in [6.45, 7) is 2.62. The van der Waals surface area contributed by atoms with Crippen LogP contribution in [0, 0.1) is 0 Å². The van der Waals surface area contributed by atoms with E-state index in [4.69, 9.17) is 16.3 Å². The zero-order valence-corrected chi connectivity index (χ0v) is 16.0. The molecular weight excluding hydrogens is 376 g/mol. The molecule has 4 aromatic rings. The number of ether oxygens (including phenoxy) is 1. The lowest BCUT2D eigenvalue weighted by atomic mass is 10.1. The van der Waals surface area contributed by atoms with E-state index in [2.05, 4.69) is 10.1 Å². The number of nitrogens with zero attached hydrogens (tertiary/aromatic N) is 4. The van der Waals surface area contributed by atoms with Gasteiger partial charge in [0.1, 0.15) is 5.56 Å². The lowest BCUT2D eigenvalue weighted by Gasteiger charge is -2.08. The van der Waals surface area contributed by atoms with Crippen LogP contribution in [0.3, 0.4) is 0 Å². The highest BCUT2D eigenvalue weighted by Crippen LogP contribution is 2.25. The fourth-order valence-corrected chi connectivity index (χ4v) is 3.37. The molecule has 3 aromatic heterocycles. The molecule has 1 aromatic carbocycles. The van der Waals surface area contributed by atoms with Crippen LogP contribution < -0.4 is 4.57 Å². The molecule has 0 spiro atoms. The van der Waals surface area contributed by atoms with Crippen LogP contribution in [0.2, 0.25) is 5.02 Å². The fraction of sp³-hybridized carbons (Fsp3) is 0.143. The number of esters is 1. The van der Waals surface area contributed by atoms with Gasteiger partial charge in [0.25, 0.3) is 0 Å². The van der Waals surface area contributed by atoms with E-state index in [9.17, 15) is 4.79 Å². The molecule has 0 saturated heterocycles. The maximum atomic E-state index is 12.3. The third-order valence-corrected chi connectivity index (χ3v) is 4.83. The molecule has 4 rings (SSSR count). The predicted octanol–water partition coefficient (Wildman–Crippen LogP) is 3.59. The average molecular weight is 394 g/mol. The number of rotatable bonds is 5. The lowest BCUT2D eigenvalue weighted by molar-refractivity contribution is -0.662. The summed E-state index contributed by atoms with van der Waals surface area (Å²) in [4.78, 5) is 16.6. The number of hydrogen-bond donors (Lipinski definition) is 0. The van der Waals surface area contributed by atoms with E-state index in [-0.39, 0.29) is 0 Å². The monoisotopic (exact) mass is 393 g/mol. The van der Waals surface area contributed by atoms with Crippen molar-refractivity contribution in [3.63, 3.8) is 0 Å². The summed E-state index contributed by atoms with van der Waals surface area (Å²) >= 11 is 6.47. The van der Waals surface area contributed by atoms with Crippen molar-refractivity contribution in [2.45, 2.75) is 13.5 Å². The highest BCUT2D eigenvalue weighted by atomic mass is 35.5. The third-order valence-electron chi connectivity index (χ3n) is 4.42. The molecular formula is C21H18ClN4O2+. The van der Waals surface area contributed by atoms with Crippen LogP contribution in [0.25, 0.3) is 16.6 Å². The van der Waals surface area contributed by atoms with E-state index in [1.54, 1.807) is 42.5 Å². The molecule has 3 heterocycles. The van der Waals surface area contributed by atoms with Gasteiger partial charge in [-0.2, -0.15) is 9.67 Å². The maximum absolute atomic E-state index is 12.3. The molecule has 140 valence electrons. The van der Waals surface area contributed by atoms with Gasteiger partial charge in [-0.05, 0) is 31.2 Å². The molecule has 7 heteroatoms. The Bertz CT molecular complexity index is 1130. The number of carbonyl (C=O) groups excluding carboxylic acids is 1. The van der Waals surface area contributed by atoms with Crippen LogP contribution in [0.1, 0.15) is 22.8 Å². The topological polar surface area (TPSA) is 60.9 Å². The molecule has 0 aliphatic carbocycles. The van der Waals surface area contributed by atoms with Crippen molar-refractivity contribution in [1.82, 2.24) is 14.8 Å². The SMILES string of the molecule is CCOC(=O)c1c[n+](Cc2ccc(-n3cccn3)cc2)c2cnccc2c1Cl. The Hall–Kier alpha value is -3.25. The largest absolute Gasteiger partial charge is 0.462 e.